The minimum atomic E-state index is -0.895. The lowest BCUT2D eigenvalue weighted by Crippen LogP contribution is -2.57. The third-order valence-corrected chi connectivity index (χ3v) is 7.49. The Hall–Kier alpha value is -4.93. The maximum atomic E-state index is 13.9. The third kappa shape index (κ3) is 5.18. The maximum absolute atomic E-state index is 13.9. The van der Waals surface area contributed by atoms with Crippen molar-refractivity contribution in [1.29, 1.82) is 0 Å². The SMILES string of the molecule is COc1ccc(NC(=O)CN2CN(c3ccccc3)C3(CCN(C(=O)c4ccc([N+](=O)[O-])cc4)CC3)C2=O)cc1. The topological polar surface area (TPSA) is 125 Å². The zero-order chi connectivity index (χ0) is 28.3. The van der Waals surface area contributed by atoms with Crippen LogP contribution in [0.15, 0.2) is 78.9 Å². The van der Waals surface area contributed by atoms with E-state index in [0.717, 1.165) is 5.69 Å². The number of ether oxygens (including phenoxy) is 1. The molecule has 0 radical (unpaired) electrons. The van der Waals surface area contributed by atoms with Gasteiger partial charge in [-0.2, -0.15) is 0 Å². The Morgan fingerprint density at radius 3 is 2.23 bits per heavy atom. The van der Waals surface area contributed by atoms with E-state index < -0.39 is 10.5 Å². The monoisotopic (exact) mass is 543 g/mol. The summed E-state index contributed by atoms with van der Waals surface area (Å²) in [6, 6.07) is 22.1. The van der Waals surface area contributed by atoms with Crippen LogP contribution in [0.3, 0.4) is 0 Å². The first-order valence-corrected chi connectivity index (χ1v) is 12.9. The highest BCUT2D eigenvalue weighted by Gasteiger charge is 2.54. The molecule has 2 heterocycles. The first kappa shape index (κ1) is 26.7. The summed E-state index contributed by atoms with van der Waals surface area (Å²) in [6.07, 6.45) is 0.770. The molecule has 3 aromatic rings. The van der Waals surface area contributed by atoms with Gasteiger partial charge in [0.1, 0.15) is 17.8 Å². The first-order valence-electron chi connectivity index (χ1n) is 12.9. The number of nitrogens with zero attached hydrogens (tertiary/aromatic N) is 4. The molecule has 0 unspecified atom stereocenters. The fraction of sp³-hybridized carbons (Fsp3) is 0.276. The van der Waals surface area contributed by atoms with Crippen LogP contribution in [0.5, 0.6) is 5.75 Å². The van der Waals surface area contributed by atoms with Crippen molar-refractivity contribution < 1.29 is 24.0 Å². The van der Waals surface area contributed by atoms with E-state index in [9.17, 15) is 24.5 Å². The van der Waals surface area contributed by atoms with Crippen LogP contribution in [0, 0.1) is 10.1 Å². The second kappa shape index (κ2) is 11.0. The molecule has 3 aromatic carbocycles. The molecule has 1 spiro atoms. The largest absolute Gasteiger partial charge is 0.497 e. The van der Waals surface area contributed by atoms with Gasteiger partial charge in [0, 0.05) is 42.2 Å². The molecule has 3 amide bonds. The van der Waals surface area contributed by atoms with Crippen LogP contribution < -0.4 is 15.0 Å². The van der Waals surface area contributed by atoms with Crippen molar-refractivity contribution in [2.24, 2.45) is 0 Å². The normalized spacial score (nSPS) is 16.2. The first-order chi connectivity index (χ1) is 19.3. The number of piperidine rings is 1. The zero-order valence-electron chi connectivity index (χ0n) is 22.0. The molecule has 40 heavy (non-hydrogen) atoms. The smallest absolute Gasteiger partial charge is 0.269 e. The van der Waals surface area contributed by atoms with Gasteiger partial charge in [0.25, 0.3) is 17.5 Å². The molecule has 2 fully saturated rings. The Balaban J connectivity index is 1.31. The number of carbonyl (C=O) groups excluding carboxylic acids is 3. The van der Waals surface area contributed by atoms with E-state index in [1.165, 1.54) is 24.3 Å². The van der Waals surface area contributed by atoms with E-state index in [1.807, 2.05) is 35.2 Å². The number of rotatable bonds is 7. The van der Waals surface area contributed by atoms with Gasteiger partial charge in [0.15, 0.2) is 0 Å². The number of hydrogen-bond acceptors (Lipinski definition) is 7. The second-order valence-electron chi connectivity index (χ2n) is 9.81. The lowest BCUT2D eigenvalue weighted by atomic mass is 9.85. The van der Waals surface area contributed by atoms with E-state index in [1.54, 1.807) is 41.2 Å². The minimum Gasteiger partial charge on any atom is -0.497 e. The van der Waals surface area contributed by atoms with Gasteiger partial charge < -0.3 is 24.8 Å². The molecule has 11 heteroatoms. The summed E-state index contributed by atoms with van der Waals surface area (Å²) in [4.78, 5) is 55.6. The zero-order valence-corrected chi connectivity index (χ0v) is 22.0. The molecule has 1 N–H and O–H groups in total. The summed E-state index contributed by atoms with van der Waals surface area (Å²) in [5.74, 6) is -0.0261. The molecule has 206 valence electrons. The van der Waals surface area contributed by atoms with Crippen LogP contribution >= 0.6 is 0 Å². The van der Waals surface area contributed by atoms with Gasteiger partial charge in [-0.15, -0.1) is 0 Å². The lowest BCUT2D eigenvalue weighted by Gasteiger charge is -2.43. The van der Waals surface area contributed by atoms with E-state index >= 15 is 0 Å². The van der Waals surface area contributed by atoms with Crippen molar-refractivity contribution in [3.05, 3.63) is 94.5 Å². The average molecular weight is 544 g/mol. The standard InChI is InChI=1S/C29H29N5O6/c1-40-25-13-9-22(10-14-25)30-26(35)19-32-20-33(23-5-3-2-4-6-23)29(28(32)37)15-17-31(18-16-29)27(36)21-7-11-24(12-8-21)34(38)39/h2-14H,15-20H2,1H3,(H,30,35). The van der Waals surface area contributed by atoms with Crippen LogP contribution in [0.1, 0.15) is 23.2 Å². The fourth-order valence-corrected chi connectivity index (χ4v) is 5.36. The van der Waals surface area contributed by atoms with E-state index in [2.05, 4.69) is 5.32 Å². The second-order valence-corrected chi connectivity index (χ2v) is 9.81. The summed E-state index contributed by atoms with van der Waals surface area (Å²) >= 11 is 0. The molecular formula is C29H29N5O6. The van der Waals surface area contributed by atoms with Crippen LogP contribution in [-0.2, 0) is 9.59 Å². The number of anilines is 2. The molecule has 2 saturated heterocycles. The predicted molar refractivity (Wildman–Crippen MR) is 148 cm³/mol. The summed E-state index contributed by atoms with van der Waals surface area (Å²) in [5, 5.41) is 13.8. The third-order valence-electron chi connectivity index (χ3n) is 7.49. The number of likely N-dealkylation sites (tertiary alicyclic amines) is 1. The highest BCUT2D eigenvalue weighted by Crippen LogP contribution is 2.39. The van der Waals surface area contributed by atoms with Crippen molar-refractivity contribution >= 4 is 34.8 Å². The van der Waals surface area contributed by atoms with Gasteiger partial charge in [0.2, 0.25) is 5.91 Å². The minimum absolute atomic E-state index is 0.0830. The summed E-state index contributed by atoms with van der Waals surface area (Å²) in [5.41, 5.74) is 0.846. The average Bonchev–Trinajstić information content (AvgIpc) is 3.24. The number of para-hydroxylation sites is 1. The highest BCUT2D eigenvalue weighted by atomic mass is 16.6. The van der Waals surface area contributed by atoms with Crippen molar-refractivity contribution in [2.45, 2.75) is 18.4 Å². The predicted octanol–water partition coefficient (Wildman–Crippen LogP) is 3.52. The molecule has 0 aromatic heterocycles. The molecule has 0 aliphatic carbocycles. The van der Waals surface area contributed by atoms with E-state index in [4.69, 9.17) is 4.74 Å². The van der Waals surface area contributed by atoms with Crippen molar-refractivity contribution in [2.75, 3.05) is 43.6 Å². The van der Waals surface area contributed by atoms with E-state index in [0.29, 0.717) is 42.9 Å². The van der Waals surface area contributed by atoms with Crippen LogP contribution in [0.25, 0.3) is 0 Å². The Labute approximate surface area is 231 Å². The lowest BCUT2D eigenvalue weighted by molar-refractivity contribution is -0.384. The number of nitro groups is 1. The summed E-state index contributed by atoms with van der Waals surface area (Å²) in [6.45, 7) is 0.796. The van der Waals surface area contributed by atoms with Crippen LogP contribution in [0.4, 0.5) is 17.1 Å². The summed E-state index contributed by atoms with van der Waals surface area (Å²) < 4.78 is 5.15. The molecular weight excluding hydrogens is 514 g/mol. The highest BCUT2D eigenvalue weighted by molar-refractivity contribution is 6.00. The van der Waals surface area contributed by atoms with Gasteiger partial charge in [-0.05, 0) is 61.4 Å². The molecule has 2 aliphatic rings. The molecule has 0 bridgehead atoms. The van der Waals surface area contributed by atoms with Crippen LogP contribution in [0.2, 0.25) is 0 Å². The number of nitrogens with one attached hydrogen (secondary N) is 1. The Kier molecular flexibility index (Phi) is 7.37. The quantitative estimate of drug-likeness (QED) is 0.357. The van der Waals surface area contributed by atoms with Crippen molar-refractivity contribution in [3.63, 3.8) is 0 Å². The van der Waals surface area contributed by atoms with Crippen molar-refractivity contribution in [1.82, 2.24) is 9.80 Å². The molecule has 2 aliphatic heterocycles. The van der Waals surface area contributed by atoms with Gasteiger partial charge in [-0.3, -0.25) is 24.5 Å². The van der Waals surface area contributed by atoms with Gasteiger partial charge >= 0.3 is 0 Å². The number of methoxy groups -OCH3 is 1. The van der Waals surface area contributed by atoms with Gasteiger partial charge in [-0.25, -0.2) is 0 Å². The Morgan fingerprint density at radius 1 is 0.975 bits per heavy atom. The number of hydrogen-bond donors (Lipinski definition) is 1. The molecule has 0 saturated carbocycles. The number of amides is 3. The van der Waals surface area contributed by atoms with Gasteiger partial charge in [0.05, 0.1) is 18.7 Å². The molecule has 0 atom stereocenters. The number of benzene rings is 3. The number of non-ortho nitro benzene ring substituents is 1. The Bertz CT molecular complexity index is 1400. The fourth-order valence-electron chi connectivity index (χ4n) is 5.36. The summed E-state index contributed by atoms with van der Waals surface area (Å²) in [7, 11) is 1.57. The number of carbonyl (C=O) groups is 3. The van der Waals surface area contributed by atoms with Crippen LogP contribution in [-0.4, -0.2) is 71.4 Å². The van der Waals surface area contributed by atoms with Gasteiger partial charge in [-0.1, -0.05) is 18.2 Å². The maximum Gasteiger partial charge on any atom is 0.269 e. The van der Waals surface area contributed by atoms with Crippen molar-refractivity contribution in [3.8, 4) is 5.75 Å². The Morgan fingerprint density at radius 2 is 1.62 bits per heavy atom. The number of nitro benzene ring substituents is 1. The molecule has 11 nitrogen and oxygen atoms in total. The molecule has 5 rings (SSSR count). The van der Waals surface area contributed by atoms with E-state index in [-0.39, 0.29) is 36.6 Å².